The number of nitrogens with zero attached hydrogens (tertiary/aromatic N) is 3. The number of likely N-dealkylation sites (N-methyl/N-ethyl adjacent to an activating group) is 1. The molecule has 21 heavy (non-hydrogen) atoms. The third kappa shape index (κ3) is 4.28. The molecule has 0 aromatic carbocycles. The van der Waals surface area contributed by atoms with E-state index in [4.69, 9.17) is 15.6 Å². The molecule has 0 spiro atoms. The van der Waals surface area contributed by atoms with E-state index in [0.717, 1.165) is 51.2 Å². The molecule has 0 aliphatic carbocycles. The van der Waals surface area contributed by atoms with Crippen LogP contribution in [0.2, 0.25) is 0 Å². The summed E-state index contributed by atoms with van der Waals surface area (Å²) >= 11 is 0. The van der Waals surface area contributed by atoms with Crippen LogP contribution in [0.1, 0.15) is 45.3 Å². The Bertz CT molecular complexity index is 416. The second-order valence-corrected chi connectivity index (χ2v) is 5.93. The molecular weight excluding hydrogens is 264 g/mol. The lowest BCUT2D eigenvalue weighted by Crippen LogP contribution is -2.51. The summed E-state index contributed by atoms with van der Waals surface area (Å²) in [7, 11) is 0. The first-order valence-electron chi connectivity index (χ1n) is 8.31. The summed E-state index contributed by atoms with van der Waals surface area (Å²) in [6.45, 7) is 10.4. The monoisotopic (exact) mass is 294 g/mol. The van der Waals surface area contributed by atoms with Gasteiger partial charge in [0.15, 0.2) is 0 Å². The normalized spacial score (nSPS) is 21.9. The summed E-state index contributed by atoms with van der Waals surface area (Å²) in [5.74, 6) is 0. The van der Waals surface area contributed by atoms with Crippen molar-refractivity contribution in [2.24, 2.45) is 5.73 Å². The van der Waals surface area contributed by atoms with Crippen LogP contribution in [-0.4, -0.2) is 53.1 Å². The summed E-state index contributed by atoms with van der Waals surface area (Å²) < 4.78 is 7.92. The first-order chi connectivity index (χ1) is 10.2. The van der Waals surface area contributed by atoms with Crippen molar-refractivity contribution in [2.75, 3.05) is 26.2 Å². The van der Waals surface area contributed by atoms with Gasteiger partial charge in [-0.25, -0.2) is 0 Å². The highest BCUT2D eigenvalue weighted by atomic mass is 16.5. The SMILES string of the molecule is CCC(CC)n1ccc(CC(N)C2CN(CC)CCO2)n1. The van der Waals surface area contributed by atoms with Gasteiger partial charge in [-0.1, -0.05) is 20.8 Å². The molecule has 1 aromatic heterocycles. The van der Waals surface area contributed by atoms with Gasteiger partial charge >= 0.3 is 0 Å². The molecule has 2 heterocycles. The highest BCUT2D eigenvalue weighted by Gasteiger charge is 2.25. The van der Waals surface area contributed by atoms with Crippen molar-refractivity contribution in [1.29, 1.82) is 0 Å². The van der Waals surface area contributed by atoms with Crippen molar-refractivity contribution in [3.63, 3.8) is 0 Å². The fraction of sp³-hybridized carbons (Fsp3) is 0.812. The number of hydrogen-bond donors (Lipinski definition) is 1. The van der Waals surface area contributed by atoms with Crippen molar-refractivity contribution in [2.45, 2.75) is 58.2 Å². The Morgan fingerprint density at radius 2 is 2.14 bits per heavy atom. The van der Waals surface area contributed by atoms with Crippen molar-refractivity contribution in [3.05, 3.63) is 18.0 Å². The predicted molar refractivity (Wildman–Crippen MR) is 85.4 cm³/mol. The van der Waals surface area contributed by atoms with E-state index < -0.39 is 0 Å². The topological polar surface area (TPSA) is 56.3 Å². The zero-order valence-corrected chi connectivity index (χ0v) is 13.7. The van der Waals surface area contributed by atoms with Gasteiger partial charge in [0.1, 0.15) is 0 Å². The van der Waals surface area contributed by atoms with Gasteiger partial charge in [-0.2, -0.15) is 5.10 Å². The van der Waals surface area contributed by atoms with Crippen LogP contribution >= 0.6 is 0 Å². The van der Waals surface area contributed by atoms with E-state index in [-0.39, 0.29) is 12.1 Å². The van der Waals surface area contributed by atoms with Crippen LogP contribution in [0, 0.1) is 0 Å². The molecule has 2 N–H and O–H groups in total. The molecule has 0 radical (unpaired) electrons. The molecule has 0 saturated carbocycles. The molecule has 1 aliphatic heterocycles. The number of hydrogen-bond acceptors (Lipinski definition) is 4. The fourth-order valence-electron chi connectivity index (χ4n) is 3.00. The van der Waals surface area contributed by atoms with Crippen LogP contribution in [0.25, 0.3) is 0 Å². The van der Waals surface area contributed by atoms with Gasteiger partial charge in [-0.05, 0) is 25.5 Å². The minimum atomic E-state index is 0.0180. The van der Waals surface area contributed by atoms with Gasteiger partial charge in [0.25, 0.3) is 0 Å². The molecule has 2 unspecified atom stereocenters. The number of rotatable bonds is 7. The predicted octanol–water partition coefficient (Wildman–Crippen LogP) is 1.83. The third-order valence-corrected chi connectivity index (χ3v) is 4.53. The third-order valence-electron chi connectivity index (χ3n) is 4.53. The number of morpholine rings is 1. The molecular formula is C16H30N4O. The van der Waals surface area contributed by atoms with Crippen LogP contribution in [0.5, 0.6) is 0 Å². The zero-order valence-electron chi connectivity index (χ0n) is 13.7. The maximum Gasteiger partial charge on any atom is 0.0857 e. The molecule has 0 bridgehead atoms. The molecule has 120 valence electrons. The van der Waals surface area contributed by atoms with Crippen LogP contribution in [-0.2, 0) is 11.2 Å². The Kier molecular flexibility index (Phi) is 6.21. The van der Waals surface area contributed by atoms with Crippen LogP contribution < -0.4 is 5.73 Å². The van der Waals surface area contributed by atoms with Gasteiger partial charge < -0.3 is 10.5 Å². The second kappa shape index (κ2) is 7.92. The van der Waals surface area contributed by atoms with Gasteiger partial charge in [0.2, 0.25) is 0 Å². The van der Waals surface area contributed by atoms with E-state index in [9.17, 15) is 0 Å². The van der Waals surface area contributed by atoms with Crippen LogP contribution in [0.15, 0.2) is 12.3 Å². The Morgan fingerprint density at radius 3 is 2.81 bits per heavy atom. The standard InChI is InChI=1S/C16H30N4O/c1-4-14(5-2)20-8-7-13(18-20)11-15(17)16-12-19(6-3)9-10-21-16/h7-8,14-16H,4-6,9-12,17H2,1-3H3. The van der Waals surface area contributed by atoms with E-state index in [0.29, 0.717) is 6.04 Å². The smallest absolute Gasteiger partial charge is 0.0857 e. The van der Waals surface area contributed by atoms with Crippen LogP contribution in [0.4, 0.5) is 0 Å². The quantitative estimate of drug-likeness (QED) is 0.833. The minimum absolute atomic E-state index is 0.0180. The molecule has 0 amide bonds. The van der Waals surface area contributed by atoms with Crippen molar-refractivity contribution in [3.8, 4) is 0 Å². The zero-order chi connectivity index (χ0) is 15.2. The van der Waals surface area contributed by atoms with Crippen molar-refractivity contribution < 1.29 is 4.74 Å². The molecule has 1 fully saturated rings. The Morgan fingerprint density at radius 1 is 1.38 bits per heavy atom. The maximum atomic E-state index is 6.35. The summed E-state index contributed by atoms with van der Waals surface area (Å²) in [5.41, 5.74) is 7.42. The van der Waals surface area contributed by atoms with Gasteiger partial charge in [-0.3, -0.25) is 9.58 Å². The lowest BCUT2D eigenvalue weighted by atomic mass is 10.0. The fourth-order valence-corrected chi connectivity index (χ4v) is 3.00. The number of aromatic nitrogens is 2. The summed E-state index contributed by atoms with van der Waals surface area (Å²) in [6.07, 6.45) is 5.22. The molecule has 1 saturated heterocycles. The maximum absolute atomic E-state index is 6.35. The molecule has 1 aromatic rings. The van der Waals surface area contributed by atoms with Crippen molar-refractivity contribution >= 4 is 0 Å². The first-order valence-corrected chi connectivity index (χ1v) is 8.31. The molecule has 1 aliphatic rings. The summed E-state index contributed by atoms with van der Waals surface area (Å²) in [5, 5.41) is 4.69. The van der Waals surface area contributed by atoms with Gasteiger partial charge in [0, 0.05) is 31.7 Å². The Labute approximate surface area is 128 Å². The van der Waals surface area contributed by atoms with Crippen molar-refractivity contribution in [1.82, 2.24) is 14.7 Å². The lowest BCUT2D eigenvalue weighted by Gasteiger charge is -2.34. The highest BCUT2D eigenvalue weighted by molar-refractivity contribution is 5.03. The Hall–Kier alpha value is -0.910. The van der Waals surface area contributed by atoms with E-state index in [1.165, 1.54) is 0 Å². The van der Waals surface area contributed by atoms with E-state index in [2.05, 4.69) is 42.6 Å². The van der Waals surface area contributed by atoms with E-state index in [1.807, 2.05) is 0 Å². The summed E-state index contributed by atoms with van der Waals surface area (Å²) in [4.78, 5) is 2.40. The Balaban J connectivity index is 1.91. The van der Waals surface area contributed by atoms with Gasteiger partial charge in [-0.15, -0.1) is 0 Å². The first kappa shape index (κ1) is 16.5. The molecule has 5 nitrogen and oxygen atoms in total. The van der Waals surface area contributed by atoms with E-state index >= 15 is 0 Å². The lowest BCUT2D eigenvalue weighted by molar-refractivity contribution is -0.0386. The second-order valence-electron chi connectivity index (χ2n) is 5.93. The van der Waals surface area contributed by atoms with Crippen LogP contribution in [0.3, 0.4) is 0 Å². The summed E-state index contributed by atoms with van der Waals surface area (Å²) in [6, 6.07) is 2.61. The average molecular weight is 294 g/mol. The highest BCUT2D eigenvalue weighted by Crippen LogP contribution is 2.16. The molecule has 2 rings (SSSR count). The number of ether oxygens (including phenoxy) is 1. The molecule has 2 atom stereocenters. The van der Waals surface area contributed by atoms with E-state index in [1.54, 1.807) is 0 Å². The number of nitrogens with two attached hydrogens (primary N) is 1. The average Bonchev–Trinajstić information content (AvgIpc) is 2.97. The minimum Gasteiger partial charge on any atom is -0.374 e. The molecule has 5 heteroatoms. The largest absolute Gasteiger partial charge is 0.374 e. The van der Waals surface area contributed by atoms with Gasteiger partial charge in [0.05, 0.1) is 24.4 Å².